The summed E-state index contributed by atoms with van der Waals surface area (Å²) in [5.74, 6) is -0.497. The van der Waals surface area contributed by atoms with Gasteiger partial charge in [-0.15, -0.1) is 12.4 Å². The fourth-order valence-electron chi connectivity index (χ4n) is 2.47. The molecule has 1 saturated heterocycles. The number of sulfonamides is 1. The molecule has 21 heavy (non-hydrogen) atoms. The minimum atomic E-state index is -3.80. The number of hydrogen-bond acceptors (Lipinski definition) is 3. The van der Waals surface area contributed by atoms with Gasteiger partial charge >= 0.3 is 0 Å². The van der Waals surface area contributed by atoms with Gasteiger partial charge in [0.15, 0.2) is 0 Å². The molecule has 2 rings (SSSR count). The molecule has 4 nitrogen and oxygen atoms in total. The molecule has 0 saturated carbocycles. The molecule has 120 valence electrons. The van der Waals surface area contributed by atoms with Crippen molar-refractivity contribution in [3.05, 3.63) is 29.0 Å². The minimum Gasteiger partial charge on any atom is -0.328 e. The zero-order chi connectivity index (χ0) is 14.9. The Bertz CT molecular complexity index is 588. The number of nitrogens with zero attached hydrogens (tertiary/aromatic N) is 1. The lowest BCUT2D eigenvalue weighted by Crippen LogP contribution is -2.42. The van der Waals surface area contributed by atoms with E-state index in [0.29, 0.717) is 31.8 Å². The van der Waals surface area contributed by atoms with E-state index in [1.54, 1.807) is 0 Å². The molecule has 0 radical (unpaired) electrons. The van der Waals surface area contributed by atoms with Crippen LogP contribution in [-0.2, 0) is 10.0 Å². The van der Waals surface area contributed by atoms with Crippen molar-refractivity contribution in [1.29, 1.82) is 0 Å². The molecule has 0 spiro atoms. The molecule has 0 bridgehead atoms. The summed E-state index contributed by atoms with van der Waals surface area (Å²) >= 11 is 5.64. The van der Waals surface area contributed by atoms with Crippen LogP contribution in [0.15, 0.2) is 23.1 Å². The van der Waals surface area contributed by atoms with E-state index in [-0.39, 0.29) is 28.4 Å². The second-order valence-electron chi connectivity index (χ2n) is 5.18. The average Bonchev–Trinajstić information content (AvgIpc) is 2.38. The van der Waals surface area contributed by atoms with Gasteiger partial charge in [0.25, 0.3) is 0 Å². The molecule has 2 N–H and O–H groups in total. The predicted molar refractivity (Wildman–Crippen MR) is 83.8 cm³/mol. The van der Waals surface area contributed by atoms with Gasteiger partial charge in [0.05, 0.1) is 0 Å². The van der Waals surface area contributed by atoms with Gasteiger partial charge in [0.1, 0.15) is 10.7 Å². The van der Waals surface area contributed by atoms with E-state index < -0.39 is 15.8 Å². The fourth-order valence-corrected chi connectivity index (χ4v) is 4.14. The van der Waals surface area contributed by atoms with E-state index in [0.717, 1.165) is 6.07 Å². The predicted octanol–water partition coefficient (Wildman–Crippen LogP) is 2.65. The lowest BCUT2D eigenvalue weighted by atomic mass is 9.92. The highest BCUT2D eigenvalue weighted by molar-refractivity contribution is 7.89. The van der Waals surface area contributed by atoms with Crippen LogP contribution in [-0.4, -0.2) is 31.9 Å². The van der Waals surface area contributed by atoms with Gasteiger partial charge in [-0.05, 0) is 43.9 Å². The topological polar surface area (TPSA) is 63.4 Å². The van der Waals surface area contributed by atoms with Crippen LogP contribution in [0.25, 0.3) is 0 Å². The standard InChI is InChI=1S/C13H18ClFN2O2S.ClH/c1-9(16)10-4-6-17(7-5-10)20(18,19)13-3-2-11(14)8-12(13)15;/h2-3,8-10H,4-7,16H2,1H3;1H. The largest absolute Gasteiger partial charge is 0.328 e. The summed E-state index contributed by atoms with van der Waals surface area (Å²) in [6.07, 6.45) is 1.40. The van der Waals surface area contributed by atoms with E-state index in [9.17, 15) is 12.8 Å². The van der Waals surface area contributed by atoms with Crippen molar-refractivity contribution in [3.8, 4) is 0 Å². The molecule has 0 aromatic heterocycles. The summed E-state index contributed by atoms with van der Waals surface area (Å²) in [5, 5.41) is 0.178. The summed E-state index contributed by atoms with van der Waals surface area (Å²) in [6, 6.07) is 3.66. The number of piperidine rings is 1. The van der Waals surface area contributed by atoms with Crippen LogP contribution >= 0.6 is 24.0 Å². The van der Waals surface area contributed by atoms with Crippen molar-refractivity contribution in [1.82, 2.24) is 4.31 Å². The second-order valence-corrected chi connectivity index (χ2v) is 7.52. The molecular weight excluding hydrogens is 338 g/mol. The quantitative estimate of drug-likeness (QED) is 0.905. The second kappa shape index (κ2) is 7.24. The van der Waals surface area contributed by atoms with Crippen LogP contribution in [0.5, 0.6) is 0 Å². The van der Waals surface area contributed by atoms with Crippen molar-refractivity contribution in [2.75, 3.05) is 13.1 Å². The Hall–Kier alpha value is -0.400. The van der Waals surface area contributed by atoms with Gasteiger partial charge in [-0.25, -0.2) is 12.8 Å². The number of nitrogens with two attached hydrogens (primary N) is 1. The summed E-state index contributed by atoms with van der Waals surface area (Å²) in [6.45, 7) is 2.67. The van der Waals surface area contributed by atoms with Gasteiger partial charge in [0, 0.05) is 24.2 Å². The molecule has 1 fully saturated rings. The minimum absolute atomic E-state index is 0. The van der Waals surface area contributed by atoms with Gasteiger partial charge in [0.2, 0.25) is 10.0 Å². The molecular formula is C13H19Cl2FN2O2S. The van der Waals surface area contributed by atoms with E-state index in [1.165, 1.54) is 16.4 Å². The van der Waals surface area contributed by atoms with E-state index in [4.69, 9.17) is 17.3 Å². The maximum Gasteiger partial charge on any atom is 0.245 e. The van der Waals surface area contributed by atoms with Crippen LogP contribution in [0, 0.1) is 11.7 Å². The van der Waals surface area contributed by atoms with Crippen LogP contribution in [0.2, 0.25) is 5.02 Å². The highest BCUT2D eigenvalue weighted by atomic mass is 35.5. The third-order valence-corrected chi connectivity index (χ3v) is 5.92. The summed E-state index contributed by atoms with van der Waals surface area (Å²) in [5.41, 5.74) is 5.83. The lowest BCUT2D eigenvalue weighted by molar-refractivity contribution is 0.250. The molecule has 1 aromatic carbocycles. The van der Waals surface area contributed by atoms with Crippen LogP contribution in [0.1, 0.15) is 19.8 Å². The molecule has 1 unspecified atom stereocenters. The first-order chi connectivity index (χ1) is 9.32. The zero-order valence-corrected chi connectivity index (χ0v) is 14.0. The molecule has 1 atom stereocenters. The van der Waals surface area contributed by atoms with Crippen molar-refractivity contribution < 1.29 is 12.8 Å². The van der Waals surface area contributed by atoms with Crippen molar-refractivity contribution in [2.24, 2.45) is 11.7 Å². The van der Waals surface area contributed by atoms with Gasteiger partial charge in [-0.2, -0.15) is 4.31 Å². The molecule has 8 heteroatoms. The van der Waals surface area contributed by atoms with Gasteiger partial charge < -0.3 is 5.73 Å². The Morgan fingerprint density at radius 3 is 2.43 bits per heavy atom. The first-order valence-corrected chi connectivity index (χ1v) is 8.35. The monoisotopic (exact) mass is 356 g/mol. The molecule has 1 aliphatic rings. The SMILES string of the molecule is CC(N)C1CCN(S(=O)(=O)c2ccc(Cl)cc2F)CC1.Cl. The van der Waals surface area contributed by atoms with Gasteiger partial charge in [-0.1, -0.05) is 11.6 Å². The third-order valence-electron chi connectivity index (χ3n) is 3.75. The van der Waals surface area contributed by atoms with Gasteiger partial charge in [-0.3, -0.25) is 0 Å². The fraction of sp³-hybridized carbons (Fsp3) is 0.538. The Labute approximate surface area is 135 Å². The molecule has 0 amide bonds. The highest BCUT2D eigenvalue weighted by Crippen LogP contribution is 2.27. The number of rotatable bonds is 3. The Balaban J connectivity index is 0.00000220. The van der Waals surface area contributed by atoms with Crippen molar-refractivity contribution >= 4 is 34.0 Å². The van der Waals surface area contributed by atoms with Crippen molar-refractivity contribution in [2.45, 2.75) is 30.7 Å². The molecule has 0 aliphatic carbocycles. The van der Waals surface area contributed by atoms with Crippen LogP contribution in [0.3, 0.4) is 0 Å². The summed E-state index contributed by atoms with van der Waals surface area (Å²) in [4.78, 5) is -0.318. The third kappa shape index (κ3) is 4.07. The number of benzene rings is 1. The summed E-state index contributed by atoms with van der Waals surface area (Å²) in [7, 11) is -3.80. The van der Waals surface area contributed by atoms with E-state index >= 15 is 0 Å². The molecule has 1 heterocycles. The smallest absolute Gasteiger partial charge is 0.245 e. The first kappa shape index (κ1) is 18.6. The van der Waals surface area contributed by atoms with E-state index in [1.807, 2.05) is 6.92 Å². The normalized spacial score (nSPS) is 19.0. The van der Waals surface area contributed by atoms with Crippen molar-refractivity contribution in [3.63, 3.8) is 0 Å². The first-order valence-electron chi connectivity index (χ1n) is 6.53. The average molecular weight is 357 g/mol. The maximum absolute atomic E-state index is 13.8. The molecule has 1 aliphatic heterocycles. The number of hydrogen-bond donors (Lipinski definition) is 1. The highest BCUT2D eigenvalue weighted by Gasteiger charge is 2.32. The number of halogens is 3. The lowest BCUT2D eigenvalue weighted by Gasteiger charge is -2.32. The summed E-state index contributed by atoms with van der Waals surface area (Å²) < 4.78 is 39.9. The van der Waals surface area contributed by atoms with Crippen LogP contribution in [0.4, 0.5) is 4.39 Å². The Morgan fingerprint density at radius 1 is 1.38 bits per heavy atom. The Morgan fingerprint density at radius 2 is 1.95 bits per heavy atom. The van der Waals surface area contributed by atoms with Crippen LogP contribution < -0.4 is 5.73 Å². The Kier molecular flexibility index (Phi) is 6.43. The maximum atomic E-state index is 13.8. The van der Waals surface area contributed by atoms with E-state index in [2.05, 4.69) is 0 Å². The molecule has 1 aromatic rings. The zero-order valence-electron chi connectivity index (χ0n) is 11.6.